The van der Waals surface area contributed by atoms with E-state index in [-0.39, 0.29) is 12.1 Å². The van der Waals surface area contributed by atoms with E-state index in [1.165, 1.54) is 0 Å². The second-order valence-electron chi connectivity index (χ2n) is 4.16. The maximum Gasteiger partial charge on any atom is 0.226 e. The monoisotopic (exact) mass is 262 g/mol. The summed E-state index contributed by atoms with van der Waals surface area (Å²) < 4.78 is 12.3. The van der Waals surface area contributed by atoms with Gasteiger partial charge in [0.25, 0.3) is 0 Å². The Bertz CT molecular complexity index is 532. The lowest BCUT2D eigenvalue weighted by atomic mass is 10.2. The third kappa shape index (κ3) is 2.48. The van der Waals surface area contributed by atoms with Crippen LogP contribution in [0.2, 0.25) is 0 Å². The summed E-state index contributed by atoms with van der Waals surface area (Å²) in [5.41, 5.74) is 0. The first-order valence-corrected chi connectivity index (χ1v) is 5.94. The van der Waals surface area contributed by atoms with Crippen LogP contribution in [0.25, 0.3) is 0 Å². The van der Waals surface area contributed by atoms with Crippen molar-refractivity contribution in [3.05, 3.63) is 24.7 Å². The molecular weight excluding hydrogens is 248 g/mol. The van der Waals surface area contributed by atoms with Crippen LogP contribution in [-0.2, 0) is 4.74 Å². The van der Waals surface area contributed by atoms with Crippen LogP contribution >= 0.6 is 0 Å². The number of aromatic nitrogens is 5. The number of ether oxygens (including phenoxy) is 2. The van der Waals surface area contributed by atoms with E-state index in [2.05, 4.69) is 25.6 Å². The van der Waals surface area contributed by atoms with Gasteiger partial charge in [0.1, 0.15) is 0 Å². The lowest BCUT2D eigenvalue weighted by Crippen LogP contribution is -2.31. The number of anilines is 1. The molecule has 1 saturated heterocycles. The molecule has 0 saturated carbocycles. The minimum Gasteiger partial charge on any atom is -0.481 e. The summed E-state index contributed by atoms with van der Waals surface area (Å²) in [4.78, 5) is 8.39. The number of hydrogen-bond acceptors (Lipinski definition) is 7. The van der Waals surface area contributed by atoms with Crippen LogP contribution in [0, 0.1) is 0 Å². The predicted octanol–water partition coefficient (Wildman–Crippen LogP) is 0.129. The normalized spacial score (nSPS) is 22.4. The van der Waals surface area contributed by atoms with Gasteiger partial charge in [-0.15, -0.1) is 5.10 Å². The Morgan fingerprint density at radius 3 is 3.16 bits per heavy atom. The zero-order chi connectivity index (χ0) is 13.1. The molecular formula is C11H14N6O2. The van der Waals surface area contributed by atoms with Gasteiger partial charge in [0.05, 0.1) is 38.6 Å². The summed E-state index contributed by atoms with van der Waals surface area (Å²) in [5.74, 6) is 1.04. The Balaban J connectivity index is 1.74. The highest BCUT2D eigenvalue weighted by Crippen LogP contribution is 2.21. The van der Waals surface area contributed by atoms with Crippen LogP contribution in [0.3, 0.4) is 0 Å². The summed E-state index contributed by atoms with van der Waals surface area (Å²) in [5, 5.41) is 11.1. The van der Waals surface area contributed by atoms with Gasteiger partial charge in [-0.2, -0.15) is 4.98 Å². The molecule has 8 heteroatoms. The smallest absolute Gasteiger partial charge is 0.226 e. The average Bonchev–Trinajstić information content (AvgIpc) is 3.09. The van der Waals surface area contributed by atoms with Crippen LogP contribution in [0.1, 0.15) is 6.04 Å². The van der Waals surface area contributed by atoms with Gasteiger partial charge in [-0.1, -0.05) is 5.21 Å². The molecule has 1 aliphatic heterocycles. The molecule has 0 unspecified atom stereocenters. The molecule has 2 atom stereocenters. The summed E-state index contributed by atoms with van der Waals surface area (Å²) >= 11 is 0. The first kappa shape index (κ1) is 11.8. The molecule has 0 aromatic carbocycles. The number of hydrogen-bond donors (Lipinski definition) is 1. The first-order chi connectivity index (χ1) is 9.36. The number of rotatable bonds is 4. The third-order valence-corrected chi connectivity index (χ3v) is 2.98. The molecule has 0 spiro atoms. The fraction of sp³-hybridized carbons (Fsp3) is 0.455. The minimum atomic E-state index is 0.0498. The lowest BCUT2D eigenvalue weighted by molar-refractivity contribution is 0.183. The molecule has 0 aliphatic carbocycles. The largest absolute Gasteiger partial charge is 0.481 e. The van der Waals surface area contributed by atoms with Crippen molar-refractivity contribution in [2.24, 2.45) is 0 Å². The number of nitrogens with one attached hydrogen (secondary N) is 1. The maximum absolute atomic E-state index is 5.48. The number of methoxy groups -OCH3 is 1. The molecule has 1 fully saturated rings. The van der Waals surface area contributed by atoms with Crippen LogP contribution < -0.4 is 10.1 Å². The number of nitrogens with zero attached hydrogens (tertiary/aromatic N) is 5. The first-order valence-electron chi connectivity index (χ1n) is 5.94. The summed E-state index contributed by atoms with van der Waals surface area (Å²) in [6, 6.07) is 1.83. The molecule has 8 nitrogen and oxygen atoms in total. The minimum absolute atomic E-state index is 0.0498. The molecule has 19 heavy (non-hydrogen) atoms. The van der Waals surface area contributed by atoms with Crippen molar-refractivity contribution in [3.63, 3.8) is 0 Å². The third-order valence-electron chi connectivity index (χ3n) is 2.98. The lowest BCUT2D eigenvalue weighted by Gasteiger charge is -2.18. The van der Waals surface area contributed by atoms with E-state index in [4.69, 9.17) is 9.47 Å². The molecule has 100 valence electrons. The van der Waals surface area contributed by atoms with Crippen molar-refractivity contribution in [3.8, 4) is 5.88 Å². The molecule has 1 aliphatic rings. The quantitative estimate of drug-likeness (QED) is 0.837. The fourth-order valence-electron chi connectivity index (χ4n) is 2.03. The Hall–Kier alpha value is -2.22. The topological polar surface area (TPSA) is 87.0 Å². The van der Waals surface area contributed by atoms with Gasteiger partial charge >= 0.3 is 0 Å². The van der Waals surface area contributed by atoms with Crippen molar-refractivity contribution in [2.45, 2.75) is 12.1 Å². The van der Waals surface area contributed by atoms with Crippen LogP contribution in [-0.4, -0.2) is 51.3 Å². The fourth-order valence-corrected chi connectivity index (χ4v) is 2.03. The zero-order valence-corrected chi connectivity index (χ0v) is 10.4. The summed E-state index contributed by atoms with van der Waals surface area (Å²) in [7, 11) is 1.57. The van der Waals surface area contributed by atoms with Gasteiger partial charge in [0.15, 0.2) is 0 Å². The average molecular weight is 262 g/mol. The van der Waals surface area contributed by atoms with Gasteiger partial charge < -0.3 is 14.8 Å². The van der Waals surface area contributed by atoms with E-state index in [0.717, 1.165) is 0 Å². The molecule has 0 radical (unpaired) electrons. The van der Waals surface area contributed by atoms with Gasteiger partial charge in [0, 0.05) is 18.5 Å². The molecule has 3 rings (SSSR count). The van der Waals surface area contributed by atoms with Crippen LogP contribution in [0.5, 0.6) is 5.88 Å². The van der Waals surface area contributed by atoms with Crippen molar-refractivity contribution >= 4 is 5.95 Å². The van der Waals surface area contributed by atoms with Crippen molar-refractivity contribution in [1.82, 2.24) is 25.0 Å². The molecule has 1 N–H and O–H groups in total. The Morgan fingerprint density at radius 2 is 2.37 bits per heavy atom. The predicted molar refractivity (Wildman–Crippen MR) is 65.9 cm³/mol. The van der Waals surface area contributed by atoms with Crippen molar-refractivity contribution in [2.75, 3.05) is 25.6 Å². The molecule has 0 amide bonds. The molecule has 0 bridgehead atoms. The second kappa shape index (κ2) is 5.19. The Morgan fingerprint density at radius 1 is 1.42 bits per heavy atom. The summed E-state index contributed by atoms with van der Waals surface area (Å²) in [6.45, 7) is 1.16. The van der Waals surface area contributed by atoms with Crippen LogP contribution in [0.4, 0.5) is 5.95 Å². The van der Waals surface area contributed by atoms with Gasteiger partial charge in [-0.3, -0.25) is 0 Å². The van der Waals surface area contributed by atoms with E-state index < -0.39 is 0 Å². The van der Waals surface area contributed by atoms with E-state index >= 15 is 0 Å². The Labute approximate surface area is 109 Å². The standard InChI is InChI=1S/C11H14N6O2/c1-18-10-2-3-12-11(15-10)14-8-6-19-7-9(8)17-5-4-13-16-17/h2-5,8-9H,6-7H2,1H3,(H,12,14,15)/t8-,9+/m0/s1. The van der Waals surface area contributed by atoms with Gasteiger partial charge in [-0.05, 0) is 0 Å². The Kier molecular flexibility index (Phi) is 3.23. The zero-order valence-electron chi connectivity index (χ0n) is 10.4. The highest BCUT2D eigenvalue weighted by molar-refractivity contribution is 5.29. The molecule has 2 aromatic heterocycles. The molecule has 3 heterocycles. The van der Waals surface area contributed by atoms with Crippen molar-refractivity contribution in [1.29, 1.82) is 0 Å². The summed E-state index contributed by atoms with van der Waals surface area (Å²) in [6.07, 6.45) is 5.12. The second-order valence-corrected chi connectivity index (χ2v) is 4.16. The van der Waals surface area contributed by atoms with E-state index in [0.29, 0.717) is 25.0 Å². The highest BCUT2D eigenvalue weighted by Gasteiger charge is 2.30. The van der Waals surface area contributed by atoms with Crippen molar-refractivity contribution < 1.29 is 9.47 Å². The van der Waals surface area contributed by atoms with Gasteiger partial charge in [0.2, 0.25) is 11.8 Å². The SMILES string of the molecule is COc1ccnc(N[C@H]2COC[C@H]2n2ccnn2)n1. The highest BCUT2D eigenvalue weighted by atomic mass is 16.5. The molecule has 2 aromatic rings. The van der Waals surface area contributed by atoms with Crippen LogP contribution in [0.15, 0.2) is 24.7 Å². The van der Waals surface area contributed by atoms with E-state index in [9.17, 15) is 0 Å². The van der Waals surface area contributed by atoms with E-state index in [1.807, 2.05) is 6.20 Å². The van der Waals surface area contributed by atoms with E-state index in [1.54, 1.807) is 30.3 Å². The maximum atomic E-state index is 5.48. The van der Waals surface area contributed by atoms with Gasteiger partial charge in [-0.25, -0.2) is 9.67 Å².